The van der Waals surface area contributed by atoms with E-state index in [-0.39, 0.29) is 64.3 Å². The highest BCUT2D eigenvalue weighted by Gasteiger charge is 2.38. The van der Waals surface area contributed by atoms with Gasteiger partial charge in [0.1, 0.15) is 6.10 Å². The van der Waals surface area contributed by atoms with Gasteiger partial charge in [-0.15, -0.1) is 71.4 Å². The van der Waals surface area contributed by atoms with Crippen LogP contribution in [0.4, 0.5) is 0 Å². The van der Waals surface area contributed by atoms with Crippen LogP contribution >= 0.6 is 114 Å². The summed E-state index contributed by atoms with van der Waals surface area (Å²) in [6, 6.07) is 0. The number of rotatable bonds is 16. The van der Waals surface area contributed by atoms with Gasteiger partial charge in [0.2, 0.25) is 0 Å². The van der Waals surface area contributed by atoms with E-state index in [0.717, 1.165) is 44.1 Å². The summed E-state index contributed by atoms with van der Waals surface area (Å²) in [4.78, 5) is 10.9. The highest BCUT2D eigenvalue weighted by molar-refractivity contribution is 8.96. The summed E-state index contributed by atoms with van der Waals surface area (Å²) in [6.45, 7) is 22.9. The van der Waals surface area contributed by atoms with Crippen LogP contribution in [-0.2, 0) is 23.3 Å². The van der Waals surface area contributed by atoms with E-state index in [0.29, 0.717) is 17.4 Å². The van der Waals surface area contributed by atoms with E-state index in [9.17, 15) is 4.79 Å². The fourth-order valence-corrected chi connectivity index (χ4v) is 70.5. The van der Waals surface area contributed by atoms with Crippen molar-refractivity contribution in [3.05, 3.63) is 36.5 Å². The zero-order chi connectivity index (χ0) is 36.3. The van der Waals surface area contributed by atoms with Crippen molar-refractivity contribution < 1.29 is 23.3 Å². The van der Waals surface area contributed by atoms with Crippen molar-refractivity contribution in [2.75, 3.05) is 6.61 Å². The smallest absolute Gasteiger partial charge is 0.152 e. The molecule has 13 atom stereocenters. The molecule has 2 saturated heterocycles. The highest BCUT2D eigenvalue weighted by atomic mass is 33.0. The monoisotopic (exact) mass is 912 g/mol. The summed E-state index contributed by atoms with van der Waals surface area (Å²) in [5.41, 5.74) is 3.00. The van der Waals surface area contributed by atoms with E-state index in [1.165, 1.54) is 5.57 Å². The van der Waals surface area contributed by atoms with Crippen LogP contribution in [-0.4, -0.2) is 42.9 Å². The average molecular weight is 912 g/mol. The van der Waals surface area contributed by atoms with Crippen molar-refractivity contribution in [3.8, 4) is 0 Å². The third-order valence-electron chi connectivity index (χ3n) is 7.16. The lowest BCUT2D eigenvalue weighted by molar-refractivity contribution is -0.112. The molecule has 47 heavy (non-hydrogen) atoms. The van der Waals surface area contributed by atoms with Crippen molar-refractivity contribution in [2.24, 2.45) is 10.8 Å². The minimum Gasteiger partial charge on any atom is -0.368 e. The maximum absolute atomic E-state index is 10.9. The molecule has 5 nitrogen and oxygen atoms in total. The Kier molecular flexibility index (Phi) is 25.8. The number of hydrogen-bond donors (Lipinski definition) is 0. The van der Waals surface area contributed by atoms with Gasteiger partial charge < -0.3 is 18.5 Å². The fraction of sp³-hybridized carbons (Fsp3) is 0.750. The molecule has 2 aliphatic heterocycles. The molecule has 11 unspecified atom stereocenters. The second kappa shape index (κ2) is 24.4. The number of hydrogen-bond acceptors (Lipinski definition) is 5. The van der Waals surface area contributed by atoms with Crippen molar-refractivity contribution >= 4 is 120 Å². The van der Waals surface area contributed by atoms with Crippen molar-refractivity contribution in [1.82, 2.24) is 0 Å². The Hall–Kier alpha value is 4.75. The summed E-state index contributed by atoms with van der Waals surface area (Å²) in [5, 5.41) is 0. The summed E-state index contributed by atoms with van der Waals surface area (Å²) in [5.74, 6) is 0.0670. The number of ketones is 1. The lowest BCUT2D eigenvalue weighted by Crippen LogP contribution is -2.31. The first-order chi connectivity index (χ1) is 21.5. The zero-order valence-corrected chi connectivity index (χ0v) is 43.9. The number of carbonyl (C=O) groups is 1. The van der Waals surface area contributed by atoms with Gasteiger partial charge in [-0.25, -0.2) is 0 Å². The summed E-state index contributed by atoms with van der Waals surface area (Å²) >= 11 is 0. The Morgan fingerprint density at radius 3 is 1.68 bits per heavy atom. The van der Waals surface area contributed by atoms with Crippen LogP contribution in [0.3, 0.4) is 0 Å². The molecule has 2 heterocycles. The first-order valence-electron chi connectivity index (χ1n) is 15.4. The number of allylic oxidation sites excluding steroid dienone is 1. The maximum atomic E-state index is 10.9. The summed E-state index contributed by atoms with van der Waals surface area (Å²) < 4.78 is 25.7. The molecule has 2 aliphatic rings. The Labute approximate surface area is 313 Å². The molecule has 2 fully saturated rings. The van der Waals surface area contributed by atoms with Gasteiger partial charge >= 0.3 is 0 Å². The maximum Gasteiger partial charge on any atom is 0.152 e. The predicted molar refractivity (Wildman–Crippen MR) is 252 cm³/mol. The van der Waals surface area contributed by atoms with Gasteiger partial charge in [0.05, 0.1) is 46.1 Å². The fourth-order valence-electron chi connectivity index (χ4n) is 4.69. The topological polar surface area (TPSA) is 54.0 Å². The lowest BCUT2D eigenvalue weighted by Gasteiger charge is -2.33. The predicted octanol–water partition coefficient (Wildman–Crippen LogP) is 14.3. The van der Waals surface area contributed by atoms with Gasteiger partial charge in [0.15, 0.2) is 5.78 Å². The number of carbonyl (C=O) groups excluding carboxylic acids is 1. The van der Waals surface area contributed by atoms with Gasteiger partial charge in [-0.2, -0.15) is 0 Å². The third-order valence-corrected chi connectivity index (χ3v) is 52.1. The molecule has 19 heteroatoms. The first kappa shape index (κ1) is 49.8. The molecule has 0 bridgehead atoms. The largest absolute Gasteiger partial charge is 0.368 e. The molecular formula is C28H62O5P14. The van der Waals surface area contributed by atoms with E-state index >= 15 is 0 Å². The highest BCUT2D eigenvalue weighted by Crippen LogP contribution is 2.99. The van der Waals surface area contributed by atoms with Gasteiger partial charge in [0.25, 0.3) is 0 Å². The van der Waals surface area contributed by atoms with Gasteiger partial charge in [-0.1, -0.05) is 60.8 Å². The molecule has 0 amide bonds. The molecule has 0 saturated carbocycles. The van der Waals surface area contributed by atoms with Crippen LogP contribution in [0.15, 0.2) is 36.5 Å². The molecule has 0 aromatic heterocycles. The SMILES string of the molecule is C=C1C[C@H](C(COP(P(P)P)P(P)P)OP(P(P)P)P(P)P)OC1CCC(C)(C)C.C=C1C[C@H](C=CC(C)=O)OC1CCC(C)(C)C. The molecule has 0 aliphatic carbocycles. The quantitative estimate of drug-likeness (QED) is 0.0877. The van der Waals surface area contributed by atoms with E-state index < -0.39 is 15.1 Å². The van der Waals surface area contributed by atoms with Crippen molar-refractivity contribution in [1.29, 1.82) is 0 Å². The second-order valence-electron chi connectivity index (χ2n) is 14.2. The van der Waals surface area contributed by atoms with Gasteiger partial charge in [-0.3, -0.25) is 4.79 Å². The van der Waals surface area contributed by atoms with Crippen LogP contribution in [0.1, 0.15) is 87.0 Å². The molecule has 0 radical (unpaired) electrons. The van der Waals surface area contributed by atoms with Crippen molar-refractivity contribution in [3.63, 3.8) is 0 Å². The molecular weight excluding hydrogens is 850 g/mol. The minimum atomic E-state index is -0.562. The molecule has 0 aromatic rings. The molecule has 274 valence electrons. The first-order valence-corrected chi connectivity index (χ1v) is 39.1. The Balaban J connectivity index is 0.000000548. The second-order valence-corrected chi connectivity index (χ2v) is 61.4. The summed E-state index contributed by atoms with van der Waals surface area (Å²) in [7, 11) is 22.5. The van der Waals surface area contributed by atoms with Crippen LogP contribution < -0.4 is 0 Å². The Bertz CT molecular complexity index is 999. The van der Waals surface area contributed by atoms with Crippen molar-refractivity contribution in [2.45, 2.75) is 118 Å². The molecule has 0 N–H and O–H groups in total. The third kappa shape index (κ3) is 21.6. The lowest BCUT2D eigenvalue weighted by atomic mass is 9.88. The van der Waals surface area contributed by atoms with Gasteiger partial charge in [0, 0.05) is 6.42 Å². The van der Waals surface area contributed by atoms with Crippen LogP contribution in [0.25, 0.3) is 0 Å². The molecule has 0 aromatic carbocycles. The standard InChI is InChI=1S/C15H24O2.C13H38O3P14/c1-11-10-13(7-6-12(2)16)17-14(11)8-9-15(3,4)5;1-9-7-11(15-10(9)5-6-13(2,3)4)12(16-26(29(21)22)30(23)24)8-14-25(27(17)18)28(19)20/h6-7,13-14H,1,8-10H2,2-5H3;10-12H,1,5-8,17-24H2,2-4H3/t13-,14?;10?,11-,12?/m01/s1. The Morgan fingerprint density at radius 2 is 1.26 bits per heavy atom. The number of ether oxygens (including phenoxy) is 2. The minimum absolute atomic E-state index is 0.0275. The molecule has 0 spiro atoms. The summed E-state index contributed by atoms with van der Waals surface area (Å²) in [6.07, 6.45) is 9.77. The molecule has 2 rings (SSSR count). The van der Waals surface area contributed by atoms with Gasteiger partial charge in [-0.05, 0) is 95.0 Å². The van der Waals surface area contributed by atoms with Crippen LogP contribution in [0.2, 0.25) is 0 Å². The van der Waals surface area contributed by atoms with Crippen LogP contribution in [0, 0.1) is 10.8 Å². The van der Waals surface area contributed by atoms with Crippen LogP contribution in [0.5, 0.6) is 0 Å². The van der Waals surface area contributed by atoms with E-state index in [2.05, 4.69) is 126 Å². The normalized spacial score (nSPS) is 23.3. The van der Waals surface area contributed by atoms with E-state index in [1.807, 2.05) is 6.08 Å². The zero-order valence-electron chi connectivity index (χ0n) is 29.2. The van der Waals surface area contributed by atoms with E-state index in [1.54, 1.807) is 13.0 Å². The van der Waals surface area contributed by atoms with E-state index in [4.69, 9.17) is 18.5 Å². The average Bonchev–Trinajstić information content (AvgIpc) is 3.46. The Morgan fingerprint density at radius 1 is 0.809 bits per heavy atom.